The van der Waals surface area contributed by atoms with Gasteiger partial charge in [-0.25, -0.2) is 19.8 Å². The van der Waals surface area contributed by atoms with E-state index in [4.69, 9.17) is 4.74 Å². The number of pyridine rings is 1. The number of morpholine rings is 1. The van der Waals surface area contributed by atoms with E-state index in [-0.39, 0.29) is 17.9 Å². The van der Waals surface area contributed by atoms with Gasteiger partial charge in [0, 0.05) is 18.8 Å². The van der Waals surface area contributed by atoms with Gasteiger partial charge < -0.3 is 15.0 Å². The molecule has 2 aromatic heterocycles. The van der Waals surface area contributed by atoms with Crippen molar-refractivity contribution >= 4 is 29.4 Å². The number of ether oxygens (including phenoxy) is 1. The molecule has 0 radical (unpaired) electrons. The maximum Gasteiger partial charge on any atom is 0.416 e. The number of aryl methyl sites for hydroxylation is 1. The zero-order valence-electron chi connectivity index (χ0n) is 19.7. The zero-order chi connectivity index (χ0) is 25.7. The van der Waals surface area contributed by atoms with Crippen molar-refractivity contribution in [1.82, 2.24) is 15.0 Å². The highest BCUT2D eigenvalue weighted by atomic mass is 19.4. The van der Waals surface area contributed by atoms with E-state index < -0.39 is 17.6 Å². The zero-order valence-corrected chi connectivity index (χ0v) is 19.7. The Labute approximate surface area is 205 Å². The summed E-state index contributed by atoms with van der Waals surface area (Å²) in [7, 11) is 0. The maximum atomic E-state index is 14.3. The number of halogens is 4. The summed E-state index contributed by atoms with van der Waals surface area (Å²) in [5.74, 6) is -0.215. The second-order valence-corrected chi connectivity index (χ2v) is 8.15. The summed E-state index contributed by atoms with van der Waals surface area (Å²) in [6.07, 6.45) is -1.06. The smallest absolute Gasteiger partial charge is 0.375 e. The first-order valence-electron chi connectivity index (χ1n) is 11.3. The number of hydrazone groups is 1. The van der Waals surface area contributed by atoms with Crippen LogP contribution in [0.2, 0.25) is 0 Å². The van der Waals surface area contributed by atoms with Crippen LogP contribution < -0.4 is 15.6 Å². The molecule has 1 unspecified atom stereocenters. The summed E-state index contributed by atoms with van der Waals surface area (Å²) in [6.45, 7) is 5.29. The Kier molecular flexibility index (Phi) is 7.63. The summed E-state index contributed by atoms with van der Waals surface area (Å²) in [6, 6.07) is 8.28. The first-order chi connectivity index (χ1) is 17.2. The maximum absolute atomic E-state index is 14.3. The van der Waals surface area contributed by atoms with Crippen molar-refractivity contribution < 1.29 is 22.3 Å². The molecule has 0 spiro atoms. The van der Waals surface area contributed by atoms with Crippen molar-refractivity contribution in [3.63, 3.8) is 0 Å². The Balaban J connectivity index is 1.41. The van der Waals surface area contributed by atoms with Crippen LogP contribution >= 0.6 is 0 Å². The van der Waals surface area contributed by atoms with Crippen molar-refractivity contribution in [3.8, 4) is 0 Å². The summed E-state index contributed by atoms with van der Waals surface area (Å²) in [4.78, 5) is 14.4. The van der Waals surface area contributed by atoms with Crippen LogP contribution in [0.3, 0.4) is 0 Å². The molecule has 0 amide bonds. The second-order valence-electron chi connectivity index (χ2n) is 8.15. The minimum Gasteiger partial charge on any atom is -0.375 e. The summed E-state index contributed by atoms with van der Waals surface area (Å²) in [5, 5.41) is 7.03. The minimum absolute atomic E-state index is 0.0166. The van der Waals surface area contributed by atoms with E-state index in [1.165, 1.54) is 12.3 Å². The highest BCUT2D eigenvalue weighted by Crippen LogP contribution is 2.31. The quantitative estimate of drug-likeness (QED) is 0.262. The van der Waals surface area contributed by atoms with E-state index in [0.717, 1.165) is 24.8 Å². The van der Waals surface area contributed by atoms with Crippen molar-refractivity contribution in [2.24, 2.45) is 5.10 Å². The Morgan fingerprint density at radius 3 is 2.81 bits per heavy atom. The molecule has 3 heterocycles. The molecule has 0 saturated carbocycles. The third kappa shape index (κ3) is 6.25. The number of anilines is 4. The Hall–Kier alpha value is -3.80. The van der Waals surface area contributed by atoms with Crippen LogP contribution in [0.15, 0.2) is 47.7 Å². The topological polar surface area (TPSA) is 87.6 Å². The Bertz CT molecular complexity index is 1240. The predicted molar refractivity (Wildman–Crippen MR) is 129 cm³/mol. The normalized spacial score (nSPS) is 16.4. The Morgan fingerprint density at radius 1 is 1.22 bits per heavy atom. The molecule has 2 N–H and O–H groups in total. The lowest BCUT2D eigenvalue weighted by molar-refractivity contribution is -0.137. The van der Waals surface area contributed by atoms with Gasteiger partial charge in [0.1, 0.15) is 0 Å². The first kappa shape index (κ1) is 25.3. The molecule has 190 valence electrons. The number of hydrogen-bond acceptors (Lipinski definition) is 8. The van der Waals surface area contributed by atoms with Crippen LogP contribution in [-0.2, 0) is 10.9 Å². The number of hydrogen-bond donors (Lipinski definition) is 2. The molecule has 12 heteroatoms. The summed E-state index contributed by atoms with van der Waals surface area (Å²) < 4.78 is 58.8. The van der Waals surface area contributed by atoms with Gasteiger partial charge in [0.2, 0.25) is 5.95 Å². The molecular formula is C24H25F4N7O. The van der Waals surface area contributed by atoms with E-state index >= 15 is 0 Å². The highest BCUT2D eigenvalue weighted by molar-refractivity contribution is 5.78. The molecule has 1 saturated heterocycles. The van der Waals surface area contributed by atoms with Crippen LogP contribution in [0, 0.1) is 12.7 Å². The largest absolute Gasteiger partial charge is 0.416 e. The number of aromatic nitrogens is 3. The third-order valence-electron chi connectivity index (χ3n) is 5.56. The number of nitrogens with one attached hydrogen (secondary N) is 2. The average Bonchev–Trinajstić information content (AvgIpc) is 2.86. The molecule has 0 aliphatic carbocycles. The van der Waals surface area contributed by atoms with Gasteiger partial charge in [-0.15, -0.1) is 0 Å². The van der Waals surface area contributed by atoms with Crippen LogP contribution in [0.1, 0.15) is 30.3 Å². The number of nitrogens with zero attached hydrogens (tertiary/aromatic N) is 5. The lowest BCUT2D eigenvalue weighted by Crippen LogP contribution is -2.43. The molecule has 1 aromatic carbocycles. The van der Waals surface area contributed by atoms with Gasteiger partial charge >= 0.3 is 6.18 Å². The molecule has 3 aromatic rings. The van der Waals surface area contributed by atoms with Gasteiger partial charge in [-0.2, -0.15) is 23.3 Å². The average molecular weight is 504 g/mol. The van der Waals surface area contributed by atoms with Crippen LogP contribution in [-0.4, -0.2) is 47.0 Å². The molecule has 0 bridgehead atoms. The van der Waals surface area contributed by atoms with E-state index in [9.17, 15) is 17.6 Å². The third-order valence-corrected chi connectivity index (χ3v) is 5.56. The van der Waals surface area contributed by atoms with E-state index in [0.29, 0.717) is 42.5 Å². The molecule has 36 heavy (non-hydrogen) atoms. The number of benzene rings is 1. The van der Waals surface area contributed by atoms with E-state index in [1.807, 2.05) is 11.8 Å². The predicted octanol–water partition coefficient (Wildman–Crippen LogP) is 5.14. The van der Waals surface area contributed by atoms with Crippen LogP contribution in [0.25, 0.3) is 0 Å². The van der Waals surface area contributed by atoms with Gasteiger partial charge in [0.15, 0.2) is 11.6 Å². The van der Waals surface area contributed by atoms with Gasteiger partial charge in [-0.1, -0.05) is 13.0 Å². The van der Waals surface area contributed by atoms with Crippen LogP contribution in [0.5, 0.6) is 0 Å². The van der Waals surface area contributed by atoms with Gasteiger partial charge in [-0.05, 0) is 43.7 Å². The lowest BCUT2D eigenvalue weighted by atomic mass is 10.2. The fourth-order valence-electron chi connectivity index (χ4n) is 3.66. The summed E-state index contributed by atoms with van der Waals surface area (Å²) >= 11 is 0. The van der Waals surface area contributed by atoms with Crippen LogP contribution in [0.4, 0.5) is 40.7 Å². The van der Waals surface area contributed by atoms with E-state index in [2.05, 4.69) is 30.8 Å². The van der Waals surface area contributed by atoms with Gasteiger partial charge in [-0.3, -0.25) is 0 Å². The molecule has 1 atom stereocenters. The number of rotatable bonds is 7. The molecule has 1 aliphatic heterocycles. The van der Waals surface area contributed by atoms with Gasteiger partial charge in [0.05, 0.1) is 47.8 Å². The molecule has 1 fully saturated rings. The standard InChI is InChI=1S/C24H25F4N7O/c1-3-19-14-35(9-10-36-19)22-20(25)13-29-23(33-22)34-30-12-18-7-8-21(15(2)31-18)32-17-6-4-5-16(11-17)24(26,27)28/h4-8,11-13,19,32H,3,9-10,14H2,1-2H3,(H,29,33,34)/b30-12+. The van der Waals surface area contributed by atoms with Crippen molar-refractivity contribution in [1.29, 1.82) is 0 Å². The minimum atomic E-state index is -4.42. The van der Waals surface area contributed by atoms with Crippen molar-refractivity contribution in [2.75, 3.05) is 35.3 Å². The lowest BCUT2D eigenvalue weighted by Gasteiger charge is -2.33. The fraction of sp³-hybridized carbons (Fsp3) is 0.333. The Morgan fingerprint density at radius 2 is 2.06 bits per heavy atom. The van der Waals surface area contributed by atoms with Crippen molar-refractivity contribution in [3.05, 3.63) is 65.4 Å². The molecule has 4 rings (SSSR count). The van der Waals surface area contributed by atoms with Gasteiger partial charge in [0.25, 0.3) is 0 Å². The fourth-order valence-corrected chi connectivity index (χ4v) is 3.66. The molecule has 8 nitrogen and oxygen atoms in total. The van der Waals surface area contributed by atoms with E-state index in [1.54, 1.807) is 25.1 Å². The monoisotopic (exact) mass is 503 g/mol. The molecular weight excluding hydrogens is 478 g/mol. The molecule has 1 aliphatic rings. The van der Waals surface area contributed by atoms with Crippen molar-refractivity contribution in [2.45, 2.75) is 32.5 Å². The summed E-state index contributed by atoms with van der Waals surface area (Å²) in [5.41, 5.74) is 3.86. The SMILES string of the molecule is CCC1CN(c2nc(N/N=C/c3ccc(Nc4cccc(C(F)(F)F)c4)c(C)n3)ncc2F)CCO1. The first-order valence-corrected chi connectivity index (χ1v) is 11.3. The second kappa shape index (κ2) is 10.9. The number of alkyl halides is 3. The highest BCUT2D eigenvalue weighted by Gasteiger charge is 2.30.